The Morgan fingerprint density at radius 3 is 2.66 bits per heavy atom. The number of esters is 1. The maximum atomic E-state index is 13.2. The lowest BCUT2D eigenvalue weighted by Crippen LogP contribution is -2.28. The van der Waals surface area contributed by atoms with Gasteiger partial charge in [0.15, 0.2) is 5.69 Å². The van der Waals surface area contributed by atoms with Gasteiger partial charge in [-0.2, -0.15) is 5.10 Å². The van der Waals surface area contributed by atoms with Gasteiger partial charge in [-0.1, -0.05) is 39.3 Å². The van der Waals surface area contributed by atoms with Gasteiger partial charge in [0, 0.05) is 5.56 Å². The first kappa shape index (κ1) is 21.4. The number of hydrogen-bond donors (Lipinski definition) is 0. The van der Waals surface area contributed by atoms with Gasteiger partial charge in [-0.15, -0.1) is 0 Å². The number of hydrogen-bond acceptors (Lipinski definition) is 4. The van der Waals surface area contributed by atoms with E-state index in [9.17, 15) is 4.79 Å². The van der Waals surface area contributed by atoms with Crippen molar-refractivity contribution in [2.75, 3.05) is 6.61 Å². The van der Waals surface area contributed by atoms with E-state index in [1.165, 1.54) is 0 Å². The van der Waals surface area contributed by atoms with Gasteiger partial charge in [0.1, 0.15) is 17.0 Å². The van der Waals surface area contributed by atoms with E-state index in [4.69, 9.17) is 14.6 Å². The first-order valence-electron chi connectivity index (χ1n) is 10.7. The number of aromatic nitrogens is 2. The Morgan fingerprint density at radius 1 is 1.24 bits per heavy atom. The summed E-state index contributed by atoms with van der Waals surface area (Å²) in [6.07, 6.45) is 4.78. The summed E-state index contributed by atoms with van der Waals surface area (Å²) in [4.78, 5) is 13.2. The number of ether oxygens (including phenoxy) is 2. The number of carbonyl (C=O) groups is 1. The summed E-state index contributed by atoms with van der Waals surface area (Å²) < 4.78 is 13.6. The van der Waals surface area contributed by atoms with Gasteiger partial charge in [-0.05, 0) is 64.0 Å². The topological polar surface area (TPSA) is 53.4 Å². The Hall–Kier alpha value is -2.30. The van der Waals surface area contributed by atoms with E-state index in [-0.39, 0.29) is 11.4 Å². The second-order valence-corrected chi connectivity index (χ2v) is 9.70. The summed E-state index contributed by atoms with van der Waals surface area (Å²) in [6.45, 7) is 12.9. The van der Waals surface area contributed by atoms with Crippen LogP contribution < -0.4 is 4.74 Å². The van der Waals surface area contributed by atoms with Crippen molar-refractivity contribution in [2.24, 2.45) is 5.41 Å². The molecule has 3 rings (SSSR count). The molecule has 1 aromatic carbocycles. The number of benzene rings is 1. The lowest BCUT2D eigenvalue weighted by atomic mass is 9.76. The summed E-state index contributed by atoms with van der Waals surface area (Å²) in [5.41, 5.74) is 2.90. The van der Waals surface area contributed by atoms with Crippen molar-refractivity contribution < 1.29 is 14.3 Å². The maximum absolute atomic E-state index is 13.2. The molecule has 2 aromatic rings. The largest absolute Gasteiger partial charge is 0.491 e. The number of carbonyl (C=O) groups excluding carboxylic acids is 1. The molecule has 0 saturated carbocycles. The van der Waals surface area contributed by atoms with E-state index in [0.29, 0.717) is 12.3 Å². The highest BCUT2D eigenvalue weighted by Gasteiger charge is 2.35. The number of para-hydroxylation sites is 2. The molecule has 29 heavy (non-hydrogen) atoms. The SMILES string of the molecule is CCCCOc1ccccc1-n1nc2c(c1C(=O)OC(C)(C)C)CC(C)(C)CC2. The smallest absolute Gasteiger partial charge is 0.357 e. The molecule has 0 atom stereocenters. The highest BCUT2D eigenvalue weighted by Crippen LogP contribution is 2.38. The van der Waals surface area contributed by atoms with E-state index >= 15 is 0 Å². The third-order valence-corrected chi connectivity index (χ3v) is 5.20. The van der Waals surface area contributed by atoms with Crippen molar-refractivity contribution >= 4 is 5.97 Å². The van der Waals surface area contributed by atoms with Crippen molar-refractivity contribution in [1.82, 2.24) is 9.78 Å². The second-order valence-electron chi connectivity index (χ2n) is 9.70. The predicted molar refractivity (Wildman–Crippen MR) is 115 cm³/mol. The first-order chi connectivity index (χ1) is 13.6. The van der Waals surface area contributed by atoms with Gasteiger partial charge >= 0.3 is 5.97 Å². The molecule has 0 N–H and O–H groups in total. The van der Waals surface area contributed by atoms with Gasteiger partial charge in [-0.3, -0.25) is 0 Å². The van der Waals surface area contributed by atoms with Crippen LogP contribution in [0.1, 0.15) is 82.6 Å². The minimum Gasteiger partial charge on any atom is -0.491 e. The number of nitrogens with zero attached hydrogens (tertiary/aromatic N) is 2. The summed E-state index contributed by atoms with van der Waals surface area (Å²) in [5, 5.41) is 4.86. The second kappa shape index (κ2) is 8.21. The molecule has 5 nitrogen and oxygen atoms in total. The molecule has 1 aromatic heterocycles. The minimum atomic E-state index is -0.569. The Morgan fingerprint density at radius 2 is 1.97 bits per heavy atom. The van der Waals surface area contributed by atoms with Crippen LogP contribution in [0.5, 0.6) is 5.75 Å². The molecule has 1 aliphatic rings. The van der Waals surface area contributed by atoms with Crippen molar-refractivity contribution in [1.29, 1.82) is 0 Å². The zero-order valence-corrected chi connectivity index (χ0v) is 18.7. The Kier molecular flexibility index (Phi) is 6.06. The first-order valence-corrected chi connectivity index (χ1v) is 10.7. The number of fused-ring (bicyclic) bond motifs is 1. The van der Waals surface area contributed by atoms with Crippen LogP contribution in [0.3, 0.4) is 0 Å². The normalized spacial score (nSPS) is 15.7. The molecule has 0 spiro atoms. The predicted octanol–water partition coefficient (Wildman–Crippen LogP) is 5.52. The molecule has 158 valence electrons. The summed E-state index contributed by atoms with van der Waals surface area (Å²) in [7, 11) is 0. The molecular weight excluding hydrogens is 364 g/mol. The number of unbranched alkanes of at least 4 members (excludes halogenated alkanes) is 1. The van der Waals surface area contributed by atoms with E-state index < -0.39 is 5.60 Å². The highest BCUT2D eigenvalue weighted by molar-refractivity contribution is 5.91. The molecule has 0 amide bonds. The lowest BCUT2D eigenvalue weighted by molar-refractivity contribution is 0.00576. The minimum absolute atomic E-state index is 0.134. The lowest BCUT2D eigenvalue weighted by Gasteiger charge is -2.29. The van der Waals surface area contributed by atoms with Gasteiger partial charge in [0.2, 0.25) is 0 Å². The molecular formula is C24H34N2O3. The van der Waals surface area contributed by atoms with Gasteiger partial charge < -0.3 is 9.47 Å². The highest BCUT2D eigenvalue weighted by atomic mass is 16.6. The fourth-order valence-electron chi connectivity index (χ4n) is 3.70. The molecule has 0 bridgehead atoms. The molecule has 0 fully saturated rings. The maximum Gasteiger partial charge on any atom is 0.357 e. The van der Waals surface area contributed by atoms with Crippen LogP contribution in [-0.4, -0.2) is 28.0 Å². The fourth-order valence-corrected chi connectivity index (χ4v) is 3.70. The van der Waals surface area contributed by atoms with Gasteiger partial charge in [0.25, 0.3) is 0 Å². The van der Waals surface area contributed by atoms with Gasteiger partial charge in [-0.25, -0.2) is 9.48 Å². The number of aryl methyl sites for hydroxylation is 1. The van der Waals surface area contributed by atoms with Gasteiger partial charge in [0.05, 0.1) is 12.3 Å². The Labute approximate surface area is 174 Å². The van der Waals surface area contributed by atoms with Crippen LogP contribution in [0.25, 0.3) is 5.69 Å². The molecule has 0 saturated heterocycles. The van der Waals surface area contributed by atoms with E-state index in [1.54, 1.807) is 4.68 Å². The molecule has 0 unspecified atom stereocenters. The third kappa shape index (κ3) is 5.01. The average Bonchev–Trinajstić information content (AvgIpc) is 2.98. The summed E-state index contributed by atoms with van der Waals surface area (Å²) >= 11 is 0. The van der Waals surface area contributed by atoms with E-state index in [2.05, 4.69) is 20.8 Å². The van der Waals surface area contributed by atoms with Crippen LogP contribution in [0.2, 0.25) is 0 Å². The zero-order chi connectivity index (χ0) is 21.2. The summed E-state index contributed by atoms with van der Waals surface area (Å²) in [6, 6.07) is 7.79. The van der Waals surface area contributed by atoms with Crippen LogP contribution in [0.15, 0.2) is 24.3 Å². The standard InChI is InChI=1S/C24H34N2O3/c1-7-8-15-28-20-12-10-9-11-19(20)26-21(22(27)29-23(2,3)4)17-16-24(5,6)14-13-18(17)25-26/h9-12H,7-8,13-16H2,1-6H3. The van der Waals surface area contributed by atoms with Crippen LogP contribution in [0, 0.1) is 5.41 Å². The van der Waals surface area contributed by atoms with Crippen LogP contribution >= 0.6 is 0 Å². The fraction of sp³-hybridized carbons (Fsp3) is 0.583. The van der Waals surface area contributed by atoms with Crippen LogP contribution in [0.4, 0.5) is 0 Å². The molecule has 0 radical (unpaired) electrons. The number of rotatable bonds is 6. The monoisotopic (exact) mass is 398 g/mol. The van der Waals surface area contributed by atoms with E-state index in [1.807, 2.05) is 45.0 Å². The van der Waals surface area contributed by atoms with Crippen molar-refractivity contribution in [3.05, 3.63) is 41.2 Å². The van der Waals surface area contributed by atoms with Crippen molar-refractivity contribution in [3.63, 3.8) is 0 Å². The molecule has 0 aliphatic heterocycles. The van der Waals surface area contributed by atoms with Crippen LogP contribution in [-0.2, 0) is 17.6 Å². The molecule has 1 aliphatic carbocycles. The third-order valence-electron chi connectivity index (χ3n) is 5.20. The Bertz CT molecular complexity index is 875. The molecule has 1 heterocycles. The van der Waals surface area contributed by atoms with E-state index in [0.717, 1.165) is 54.8 Å². The summed E-state index contributed by atoms with van der Waals surface area (Å²) in [5.74, 6) is 0.414. The quantitative estimate of drug-likeness (QED) is 0.475. The van der Waals surface area contributed by atoms with Crippen molar-refractivity contribution in [2.45, 2.75) is 79.2 Å². The average molecular weight is 399 g/mol. The van der Waals surface area contributed by atoms with Crippen molar-refractivity contribution in [3.8, 4) is 11.4 Å². The zero-order valence-electron chi connectivity index (χ0n) is 18.7. The Balaban J connectivity index is 2.10. The molecule has 5 heteroatoms.